The van der Waals surface area contributed by atoms with Gasteiger partial charge in [0.25, 0.3) is 5.91 Å². The molecule has 0 saturated carbocycles. The van der Waals surface area contributed by atoms with Gasteiger partial charge in [0.1, 0.15) is 12.4 Å². The minimum Gasteiger partial charge on any atom is -0.489 e. The predicted octanol–water partition coefficient (Wildman–Crippen LogP) is 2.56. The van der Waals surface area contributed by atoms with Gasteiger partial charge in [-0.3, -0.25) is 9.69 Å². The van der Waals surface area contributed by atoms with Gasteiger partial charge in [0.15, 0.2) is 0 Å². The van der Waals surface area contributed by atoms with E-state index < -0.39 is 0 Å². The largest absolute Gasteiger partial charge is 0.489 e. The van der Waals surface area contributed by atoms with Crippen LogP contribution < -0.4 is 4.74 Å². The fraction of sp³-hybridized carbons (Fsp3) is 0.500. The van der Waals surface area contributed by atoms with E-state index in [9.17, 15) is 4.79 Å². The molecule has 2 fully saturated rings. The number of rotatable bonds is 4. The van der Waals surface area contributed by atoms with Crippen LogP contribution in [0.4, 0.5) is 0 Å². The molecule has 0 aromatic heterocycles. The zero-order valence-corrected chi connectivity index (χ0v) is 13.3. The summed E-state index contributed by atoms with van der Waals surface area (Å²) in [5.41, 5.74) is 1.68. The van der Waals surface area contributed by atoms with Gasteiger partial charge >= 0.3 is 0 Å². The summed E-state index contributed by atoms with van der Waals surface area (Å²) in [4.78, 5) is 17.2. The zero-order chi connectivity index (χ0) is 15.5. The van der Waals surface area contributed by atoms with Crippen LogP contribution >= 0.6 is 0 Å². The highest BCUT2D eigenvalue weighted by atomic mass is 16.5. The molecule has 0 radical (unpaired) electrons. The molecule has 1 aromatic rings. The van der Waals surface area contributed by atoms with Crippen LogP contribution in [0.25, 0.3) is 0 Å². The smallest absolute Gasteiger partial charge is 0.254 e. The molecular weight excluding hydrogens is 276 g/mol. The van der Waals surface area contributed by atoms with E-state index in [2.05, 4.69) is 11.5 Å². The third kappa shape index (κ3) is 3.33. The molecule has 1 amide bonds. The van der Waals surface area contributed by atoms with Crippen molar-refractivity contribution in [3.8, 4) is 5.75 Å². The molecule has 2 aliphatic rings. The van der Waals surface area contributed by atoms with Gasteiger partial charge in [-0.15, -0.1) is 0 Å². The number of fused-ring (bicyclic) bond motifs is 1. The normalized spacial score (nSPS) is 21.5. The minimum absolute atomic E-state index is 0.118. The Labute approximate surface area is 132 Å². The van der Waals surface area contributed by atoms with Crippen LogP contribution in [0.15, 0.2) is 36.4 Å². The number of hydrogen-bond acceptors (Lipinski definition) is 3. The highest BCUT2D eigenvalue weighted by Crippen LogP contribution is 2.23. The fourth-order valence-electron chi connectivity index (χ4n) is 3.28. The molecule has 1 atom stereocenters. The van der Waals surface area contributed by atoms with E-state index in [1.807, 2.05) is 36.1 Å². The van der Waals surface area contributed by atoms with Crippen molar-refractivity contribution < 1.29 is 9.53 Å². The third-order valence-corrected chi connectivity index (χ3v) is 4.44. The lowest BCUT2D eigenvalue weighted by atomic mass is 10.1. The molecule has 1 unspecified atom stereocenters. The second-order valence-electron chi connectivity index (χ2n) is 6.36. The minimum atomic E-state index is 0.118. The van der Waals surface area contributed by atoms with Crippen LogP contribution in [0.5, 0.6) is 5.75 Å². The summed E-state index contributed by atoms with van der Waals surface area (Å²) in [6.07, 6.45) is 2.47. The zero-order valence-electron chi connectivity index (χ0n) is 13.3. The molecule has 4 heteroatoms. The first kappa shape index (κ1) is 15.1. The van der Waals surface area contributed by atoms with Crippen LogP contribution in [-0.2, 0) is 0 Å². The summed E-state index contributed by atoms with van der Waals surface area (Å²) >= 11 is 0. The number of nitrogens with zero attached hydrogens (tertiary/aromatic N) is 2. The predicted molar refractivity (Wildman–Crippen MR) is 87.2 cm³/mol. The van der Waals surface area contributed by atoms with Gasteiger partial charge in [-0.25, -0.2) is 0 Å². The Bertz CT molecular complexity index is 570. The standard InChI is InChI=1S/C18H24N2O2/c1-14(2)13-22-17-7-3-5-15(11-17)18(21)20-10-9-19-8-4-6-16(19)12-20/h3,5,7,11,16H,1,4,6,8-10,12-13H2,2H3. The molecule has 2 aliphatic heterocycles. The lowest BCUT2D eigenvalue weighted by Gasteiger charge is -2.37. The molecule has 0 N–H and O–H groups in total. The van der Waals surface area contributed by atoms with Gasteiger partial charge in [-0.1, -0.05) is 12.6 Å². The number of benzene rings is 1. The van der Waals surface area contributed by atoms with Gasteiger partial charge in [-0.05, 0) is 50.1 Å². The summed E-state index contributed by atoms with van der Waals surface area (Å²) < 4.78 is 5.64. The maximum Gasteiger partial charge on any atom is 0.254 e. The van der Waals surface area contributed by atoms with Crippen molar-refractivity contribution in [2.45, 2.75) is 25.8 Å². The van der Waals surface area contributed by atoms with Crippen LogP contribution in [-0.4, -0.2) is 54.5 Å². The van der Waals surface area contributed by atoms with Crippen molar-refractivity contribution in [2.24, 2.45) is 0 Å². The molecule has 22 heavy (non-hydrogen) atoms. The van der Waals surface area contributed by atoms with E-state index in [-0.39, 0.29) is 5.91 Å². The Hall–Kier alpha value is -1.81. The summed E-state index contributed by atoms with van der Waals surface area (Å²) in [5, 5.41) is 0. The highest BCUT2D eigenvalue weighted by molar-refractivity contribution is 5.94. The first-order valence-electron chi connectivity index (χ1n) is 8.04. The summed E-state index contributed by atoms with van der Waals surface area (Å²) in [7, 11) is 0. The SMILES string of the molecule is C=C(C)COc1cccc(C(=O)N2CCN3CCCC3C2)c1. The number of amides is 1. The van der Waals surface area contributed by atoms with Crippen LogP contribution in [0, 0.1) is 0 Å². The van der Waals surface area contributed by atoms with Gasteiger partial charge in [-0.2, -0.15) is 0 Å². The molecule has 2 saturated heterocycles. The van der Waals surface area contributed by atoms with Crippen molar-refractivity contribution in [3.63, 3.8) is 0 Å². The van der Waals surface area contributed by atoms with E-state index in [0.29, 0.717) is 18.2 Å². The molecule has 2 heterocycles. The van der Waals surface area contributed by atoms with Crippen molar-refractivity contribution >= 4 is 5.91 Å². The number of hydrogen-bond donors (Lipinski definition) is 0. The Morgan fingerprint density at radius 2 is 2.23 bits per heavy atom. The van der Waals surface area contributed by atoms with Crippen molar-refractivity contribution in [3.05, 3.63) is 42.0 Å². The Morgan fingerprint density at radius 1 is 1.36 bits per heavy atom. The quantitative estimate of drug-likeness (QED) is 0.801. The Balaban J connectivity index is 1.66. The van der Waals surface area contributed by atoms with E-state index in [4.69, 9.17) is 4.74 Å². The topological polar surface area (TPSA) is 32.8 Å². The average Bonchev–Trinajstić information content (AvgIpc) is 3.00. The molecule has 4 nitrogen and oxygen atoms in total. The Kier molecular flexibility index (Phi) is 4.48. The highest BCUT2D eigenvalue weighted by Gasteiger charge is 2.32. The third-order valence-electron chi connectivity index (χ3n) is 4.44. The van der Waals surface area contributed by atoms with Crippen molar-refractivity contribution in [2.75, 3.05) is 32.8 Å². The average molecular weight is 300 g/mol. The maximum absolute atomic E-state index is 12.7. The second-order valence-corrected chi connectivity index (χ2v) is 6.36. The first-order valence-corrected chi connectivity index (χ1v) is 8.04. The molecule has 0 spiro atoms. The summed E-state index contributed by atoms with van der Waals surface area (Å²) in [6, 6.07) is 8.03. The second kappa shape index (κ2) is 6.53. The van der Waals surface area contributed by atoms with E-state index >= 15 is 0 Å². The van der Waals surface area contributed by atoms with Crippen molar-refractivity contribution in [1.29, 1.82) is 0 Å². The lowest BCUT2D eigenvalue weighted by molar-refractivity contribution is 0.0571. The molecule has 118 valence electrons. The summed E-state index contributed by atoms with van der Waals surface area (Å²) in [6.45, 7) is 10.1. The monoisotopic (exact) mass is 300 g/mol. The lowest BCUT2D eigenvalue weighted by Crippen LogP contribution is -2.52. The van der Waals surface area contributed by atoms with Crippen LogP contribution in [0.2, 0.25) is 0 Å². The number of ether oxygens (including phenoxy) is 1. The van der Waals surface area contributed by atoms with E-state index in [1.54, 1.807) is 0 Å². The molecule has 1 aromatic carbocycles. The summed E-state index contributed by atoms with van der Waals surface area (Å²) in [5.74, 6) is 0.848. The van der Waals surface area contributed by atoms with Crippen molar-refractivity contribution in [1.82, 2.24) is 9.80 Å². The number of carbonyl (C=O) groups excluding carboxylic acids is 1. The first-order chi connectivity index (χ1) is 10.6. The van der Waals surface area contributed by atoms with E-state index in [0.717, 1.165) is 31.0 Å². The molecule has 0 aliphatic carbocycles. The van der Waals surface area contributed by atoms with Crippen LogP contribution in [0.1, 0.15) is 30.1 Å². The fourth-order valence-corrected chi connectivity index (χ4v) is 3.28. The van der Waals surface area contributed by atoms with Gasteiger partial charge in [0.2, 0.25) is 0 Å². The van der Waals surface area contributed by atoms with Gasteiger partial charge in [0.05, 0.1) is 0 Å². The molecular formula is C18H24N2O2. The maximum atomic E-state index is 12.7. The molecule has 0 bridgehead atoms. The molecule has 3 rings (SSSR count). The van der Waals surface area contributed by atoms with Crippen LogP contribution in [0.3, 0.4) is 0 Å². The number of piperazine rings is 1. The van der Waals surface area contributed by atoms with Gasteiger partial charge < -0.3 is 9.64 Å². The number of carbonyl (C=O) groups is 1. The van der Waals surface area contributed by atoms with E-state index in [1.165, 1.54) is 19.4 Å². The Morgan fingerprint density at radius 3 is 3.05 bits per heavy atom. The van der Waals surface area contributed by atoms with Gasteiger partial charge in [0, 0.05) is 31.2 Å².